The van der Waals surface area contributed by atoms with Crippen LogP contribution in [-0.2, 0) is 19.7 Å². The van der Waals surface area contributed by atoms with Crippen molar-refractivity contribution in [2.45, 2.75) is 32.3 Å². The van der Waals surface area contributed by atoms with Crippen LogP contribution in [0.2, 0.25) is 15.1 Å². The number of aliphatic hydroxyl groups is 1. The van der Waals surface area contributed by atoms with Crippen molar-refractivity contribution in [1.82, 2.24) is 14.3 Å². The molecule has 1 heterocycles. The van der Waals surface area contributed by atoms with E-state index in [4.69, 9.17) is 34.8 Å². The van der Waals surface area contributed by atoms with E-state index in [0.717, 1.165) is 9.25 Å². The zero-order chi connectivity index (χ0) is 26.0. The second kappa shape index (κ2) is 10.7. The van der Waals surface area contributed by atoms with Gasteiger partial charge in [-0.15, -0.1) is 5.10 Å². The van der Waals surface area contributed by atoms with E-state index in [9.17, 15) is 23.1 Å². The van der Waals surface area contributed by atoms with Crippen LogP contribution in [0.3, 0.4) is 0 Å². The van der Waals surface area contributed by atoms with Crippen molar-refractivity contribution in [1.29, 1.82) is 0 Å². The lowest BCUT2D eigenvalue weighted by molar-refractivity contribution is -0.136. The highest BCUT2D eigenvalue weighted by atomic mass is 35.5. The van der Waals surface area contributed by atoms with Gasteiger partial charge in [-0.05, 0) is 53.1 Å². The molecule has 3 aromatic carbocycles. The standard InChI is InChI=1S/C25H19Cl3F3N3O2/c26-19-8-6-15(7-9-19)23-32-34(24(36)33(23)11-10-25(29,30)31)13-18-12-16(4-5-17(18)14-35)20-2-1-3-21(27)22(20)28/h1-9,12,35H,10-11,13-14H2. The van der Waals surface area contributed by atoms with E-state index < -0.39 is 24.8 Å². The van der Waals surface area contributed by atoms with Gasteiger partial charge in [0.1, 0.15) is 0 Å². The second-order valence-corrected chi connectivity index (χ2v) is 9.25. The molecule has 0 saturated carbocycles. The average molecular weight is 557 g/mol. The Hall–Kier alpha value is -2.78. The molecule has 0 amide bonds. The molecule has 0 spiro atoms. The van der Waals surface area contributed by atoms with Crippen LogP contribution in [-0.4, -0.2) is 25.6 Å². The van der Waals surface area contributed by atoms with Crippen LogP contribution in [0.15, 0.2) is 65.5 Å². The molecule has 11 heteroatoms. The van der Waals surface area contributed by atoms with Crippen molar-refractivity contribution in [3.05, 3.63) is 97.3 Å². The van der Waals surface area contributed by atoms with Gasteiger partial charge in [0.25, 0.3) is 0 Å². The summed E-state index contributed by atoms with van der Waals surface area (Å²) < 4.78 is 41.0. The topological polar surface area (TPSA) is 60.1 Å². The Bertz CT molecular complexity index is 1450. The zero-order valence-electron chi connectivity index (χ0n) is 18.6. The third-order valence-corrected chi connectivity index (χ3v) is 6.67. The van der Waals surface area contributed by atoms with Gasteiger partial charge in [0.05, 0.1) is 29.6 Å². The van der Waals surface area contributed by atoms with Crippen LogP contribution < -0.4 is 5.69 Å². The fraction of sp³-hybridized carbons (Fsp3) is 0.200. The van der Waals surface area contributed by atoms with Crippen molar-refractivity contribution in [2.75, 3.05) is 0 Å². The minimum atomic E-state index is -4.45. The van der Waals surface area contributed by atoms with Crippen LogP contribution in [0.25, 0.3) is 22.5 Å². The number of halogens is 6. The molecule has 5 nitrogen and oxygen atoms in total. The zero-order valence-corrected chi connectivity index (χ0v) is 20.8. The molecule has 0 aliphatic rings. The fourth-order valence-corrected chi connectivity index (χ4v) is 4.32. The van der Waals surface area contributed by atoms with E-state index in [1.54, 1.807) is 60.7 Å². The molecule has 4 aromatic rings. The molecular formula is C25H19Cl3F3N3O2. The van der Waals surface area contributed by atoms with E-state index in [1.165, 1.54) is 0 Å². The van der Waals surface area contributed by atoms with Gasteiger partial charge in [-0.25, -0.2) is 9.48 Å². The third-order valence-electron chi connectivity index (χ3n) is 5.60. The first kappa shape index (κ1) is 26.3. The lowest BCUT2D eigenvalue weighted by Crippen LogP contribution is -2.27. The second-order valence-electron chi connectivity index (χ2n) is 8.03. The number of nitrogens with zero attached hydrogens (tertiary/aromatic N) is 3. The first-order valence-electron chi connectivity index (χ1n) is 10.7. The molecule has 0 aliphatic heterocycles. The summed E-state index contributed by atoms with van der Waals surface area (Å²) in [7, 11) is 0. The van der Waals surface area contributed by atoms with E-state index in [1.807, 2.05) is 0 Å². The number of rotatable bonds is 7. The SMILES string of the molecule is O=c1n(Cc2cc(-c3cccc(Cl)c3Cl)ccc2CO)nc(-c2ccc(Cl)cc2)n1CCC(F)(F)F. The highest BCUT2D eigenvalue weighted by Gasteiger charge is 2.28. The molecule has 0 saturated heterocycles. The lowest BCUT2D eigenvalue weighted by atomic mass is 9.99. The number of aliphatic hydroxyl groups excluding tert-OH is 1. The molecule has 0 fully saturated rings. The Balaban J connectivity index is 1.78. The van der Waals surface area contributed by atoms with Crippen molar-refractivity contribution < 1.29 is 18.3 Å². The Labute approximate surface area is 219 Å². The van der Waals surface area contributed by atoms with Gasteiger partial charge in [-0.1, -0.05) is 59.1 Å². The molecule has 1 N–H and O–H groups in total. The quantitative estimate of drug-likeness (QED) is 0.271. The van der Waals surface area contributed by atoms with Gasteiger partial charge in [0, 0.05) is 22.7 Å². The maximum absolute atomic E-state index is 13.2. The van der Waals surface area contributed by atoms with Crippen LogP contribution in [0.4, 0.5) is 13.2 Å². The minimum Gasteiger partial charge on any atom is -0.392 e. The smallest absolute Gasteiger partial charge is 0.390 e. The molecule has 0 radical (unpaired) electrons. The lowest BCUT2D eigenvalue weighted by Gasteiger charge is -2.12. The van der Waals surface area contributed by atoms with Gasteiger partial charge < -0.3 is 5.11 Å². The number of hydrogen-bond donors (Lipinski definition) is 1. The summed E-state index contributed by atoms with van der Waals surface area (Å²) >= 11 is 18.4. The number of aromatic nitrogens is 3. The van der Waals surface area contributed by atoms with Crippen molar-refractivity contribution in [3.8, 4) is 22.5 Å². The highest BCUT2D eigenvalue weighted by molar-refractivity contribution is 6.43. The summed E-state index contributed by atoms with van der Waals surface area (Å²) in [6, 6.07) is 16.7. The number of alkyl halides is 3. The normalized spacial score (nSPS) is 11.8. The molecular weight excluding hydrogens is 538 g/mol. The summed E-state index contributed by atoms with van der Waals surface area (Å²) in [5, 5.41) is 15.4. The third kappa shape index (κ3) is 5.78. The minimum absolute atomic E-state index is 0.0830. The van der Waals surface area contributed by atoms with E-state index in [0.29, 0.717) is 42.9 Å². The first-order chi connectivity index (χ1) is 17.1. The molecule has 4 rings (SSSR count). The van der Waals surface area contributed by atoms with Gasteiger partial charge >= 0.3 is 11.9 Å². The molecule has 0 bridgehead atoms. The predicted molar refractivity (Wildman–Crippen MR) is 135 cm³/mol. The Morgan fingerprint density at radius 3 is 2.28 bits per heavy atom. The van der Waals surface area contributed by atoms with Crippen LogP contribution in [0, 0.1) is 0 Å². The molecule has 0 atom stereocenters. The molecule has 36 heavy (non-hydrogen) atoms. The fourth-order valence-electron chi connectivity index (χ4n) is 3.78. The molecule has 0 aliphatic carbocycles. The Morgan fingerprint density at radius 1 is 0.917 bits per heavy atom. The number of benzene rings is 3. The highest BCUT2D eigenvalue weighted by Crippen LogP contribution is 2.34. The van der Waals surface area contributed by atoms with Gasteiger partial charge in [-0.3, -0.25) is 4.57 Å². The summed E-state index contributed by atoms with van der Waals surface area (Å²) in [5.41, 5.74) is 2.16. The molecule has 188 valence electrons. The van der Waals surface area contributed by atoms with E-state index in [2.05, 4.69) is 5.10 Å². The summed E-state index contributed by atoms with van der Waals surface area (Å²) in [4.78, 5) is 13.2. The maximum Gasteiger partial charge on any atom is 0.390 e. The van der Waals surface area contributed by atoms with Crippen molar-refractivity contribution in [2.24, 2.45) is 0 Å². The van der Waals surface area contributed by atoms with Crippen molar-refractivity contribution in [3.63, 3.8) is 0 Å². The van der Waals surface area contributed by atoms with Crippen molar-refractivity contribution >= 4 is 34.8 Å². The van der Waals surface area contributed by atoms with Crippen LogP contribution >= 0.6 is 34.8 Å². The average Bonchev–Trinajstić information content (AvgIpc) is 3.14. The molecule has 0 unspecified atom stereocenters. The largest absolute Gasteiger partial charge is 0.392 e. The van der Waals surface area contributed by atoms with E-state index >= 15 is 0 Å². The Morgan fingerprint density at radius 2 is 1.61 bits per heavy atom. The number of hydrogen-bond acceptors (Lipinski definition) is 3. The monoisotopic (exact) mass is 555 g/mol. The summed E-state index contributed by atoms with van der Waals surface area (Å²) in [5.74, 6) is 0.0838. The molecule has 1 aromatic heterocycles. The maximum atomic E-state index is 13.2. The summed E-state index contributed by atoms with van der Waals surface area (Å²) in [6.45, 7) is -0.988. The van der Waals surface area contributed by atoms with E-state index in [-0.39, 0.29) is 19.0 Å². The van der Waals surface area contributed by atoms with Gasteiger partial charge in [-0.2, -0.15) is 13.2 Å². The van der Waals surface area contributed by atoms with Gasteiger partial charge in [0.2, 0.25) is 0 Å². The predicted octanol–water partition coefficient (Wildman–Crippen LogP) is 6.83. The Kier molecular flexibility index (Phi) is 7.80. The first-order valence-corrected chi connectivity index (χ1v) is 11.9. The van der Waals surface area contributed by atoms with Crippen LogP contribution in [0.1, 0.15) is 17.5 Å². The van der Waals surface area contributed by atoms with Crippen LogP contribution in [0.5, 0.6) is 0 Å². The summed E-state index contributed by atoms with van der Waals surface area (Å²) in [6.07, 6.45) is -5.64. The van der Waals surface area contributed by atoms with Gasteiger partial charge in [0.15, 0.2) is 5.82 Å².